The number of benzene rings is 1. The molecular formula is C10H14ClNO2. The molecule has 0 aliphatic carbocycles. The van der Waals surface area contributed by atoms with Gasteiger partial charge in [0.25, 0.3) is 0 Å². The molecule has 0 aromatic heterocycles. The maximum absolute atomic E-state index is 9.77. The van der Waals surface area contributed by atoms with Gasteiger partial charge >= 0.3 is 0 Å². The summed E-state index contributed by atoms with van der Waals surface area (Å²) in [7, 11) is 0. The van der Waals surface area contributed by atoms with Crippen molar-refractivity contribution in [2.24, 2.45) is 5.90 Å². The van der Waals surface area contributed by atoms with Gasteiger partial charge in [0.1, 0.15) is 5.75 Å². The first-order chi connectivity index (χ1) is 6.57. The third-order valence-electron chi connectivity index (χ3n) is 2.28. The quantitative estimate of drug-likeness (QED) is 0.760. The van der Waals surface area contributed by atoms with Crippen LogP contribution in [-0.4, -0.2) is 11.7 Å². The van der Waals surface area contributed by atoms with Crippen LogP contribution < -0.4 is 5.90 Å². The van der Waals surface area contributed by atoms with Crippen molar-refractivity contribution in [3.05, 3.63) is 27.8 Å². The molecule has 0 fully saturated rings. The number of hydrogen-bond acceptors (Lipinski definition) is 3. The second-order valence-corrected chi connectivity index (χ2v) is 3.66. The van der Waals surface area contributed by atoms with Gasteiger partial charge in [-0.3, -0.25) is 0 Å². The molecule has 1 aromatic rings. The number of aromatic hydroxyl groups is 1. The zero-order valence-electron chi connectivity index (χ0n) is 8.30. The van der Waals surface area contributed by atoms with Crippen LogP contribution in [0.4, 0.5) is 0 Å². The second-order valence-electron chi connectivity index (χ2n) is 3.25. The van der Waals surface area contributed by atoms with Gasteiger partial charge in [0, 0.05) is 17.0 Å². The predicted molar refractivity (Wildman–Crippen MR) is 56.4 cm³/mol. The molecule has 0 amide bonds. The van der Waals surface area contributed by atoms with Crippen LogP contribution in [0.25, 0.3) is 0 Å². The van der Waals surface area contributed by atoms with Crippen LogP contribution in [0.3, 0.4) is 0 Å². The highest BCUT2D eigenvalue weighted by Crippen LogP contribution is 2.31. The summed E-state index contributed by atoms with van der Waals surface area (Å²) < 4.78 is 0. The van der Waals surface area contributed by atoms with Gasteiger partial charge in [-0.1, -0.05) is 11.6 Å². The molecule has 4 heteroatoms. The van der Waals surface area contributed by atoms with Gasteiger partial charge in [-0.25, -0.2) is 5.90 Å². The summed E-state index contributed by atoms with van der Waals surface area (Å²) in [4.78, 5) is 4.48. The highest BCUT2D eigenvalue weighted by atomic mass is 35.5. The van der Waals surface area contributed by atoms with Gasteiger partial charge in [0.2, 0.25) is 0 Å². The van der Waals surface area contributed by atoms with Gasteiger partial charge < -0.3 is 9.94 Å². The number of phenolic OH excluding ortho intramolecular Hbond substituents is 1. The van der Waals surface area contributed by atoms with E-state index in [1.54, 1.807) is 6.07 Å². The Balaban J connectivity index is 3.11. The minimum Gasteiger partial charge on any atom is -0.507 e. The van der Waals surface area contributed by atoms with E-state index in [0.29, 0.717) is 18.1 Å². The Morgan fingerprint density at radius 1 is 1.50 bits per heavy atom. The van der Waals surface area contributed by atoms with Crippen molar-refractivity contribution in [1.29, 1.82) is 0 Å². The van der Waals surface area contributed by atoms with Gasteiger partial charge in [0.15, 0.2) is 0 Å². The molecule has 0 unspecified atom stereocenters. The molecule has 0 bridgehead atoms. The summed E-state index contributed by atoms with van der Waals surface area (Å²) in [6, 6.07) is 1.75. The standard InChI is InChI=1S/C10H14ClNO2/c1-6-5-9(11)7(2)8(10(6)13)3-4-14-12/h5,13H,3-4,12H2,1-2H3. The number of phenols is 1. The van der Waals surface area contributed by atoms with E-state index in [1.165, 1.54) is 0 Å². The lowest BCUT2D eigenvalue weighted by Crippen LogP contribution is -2.05. The average Bonchev–Trinajstić information content (AvgIpc) is 2.15. The molecule has 3 nitrogen and oxygen atoms in total. The van der Waals surface area contributed by atoms with Crippen molar-refractivity contribution in [2.75, 3.05) is 6.61 Å². The molecule has 0 spiro atoms. The number of rotatable bonds is 3. The fourth-order valence-corrected chi connectivity index (χ4v) is 1.67. The van der Waals surface area contributed by atoms with Crippen molar-refractivity contribution in [2.45, 2.75) is 20.3 Å². The molecule has 14 heavy (non-hydrogen) atoms. The van der Waals surface area contributed by atoms with Crippen molar-refractivity contribution in [1.82, 2.24) is 0 Å². The maximum atomic E-state index is 9.77. The van der Waals surface area contributed by atoms with Crippen LogP contribution in [0.2, 0.25) is 5.02 Å². The molecule has 0 heterocycles. The number of aryl methyl sites for hydroxylation is 1. The maximum Gasteiger partial charge on any atom is 0.122 e. The van der Waals surface area contributed by atoms with Gasteiger partial charge in [0.05, 0.1) is 6.61 Å². The zero-order chi connectivity index (χ0) is 10.7. The summed E-state index contributed by atoms with van der Waals surface area (Å²) in [6.07, 6.45) is 0.565. The Morgan fingerprint density at radius 3 is 2.71 bits per heavy atom. The van der Waals surface area contributed by atoms with Crippen molar-refractivity contribution < 1.29 is 9.94 Å². The molecule has 0 radical (unpaired) electrons. The lowest BCUT2D eigenvalue weighted by atomic mass is 10.0. The second kappa shape index (κ2) is 4.64. The largest absolute Gasteiger partial charge is 0.507 e. The van der Waals surface area contributed by atoms with Crippen molar-refractivity contribution in [3.8, 4) is 5.75 Å². The lowest BCUT2D eigenvalue weighted by molar-refractivity contribution is 0.140. The van der Waals surface area contributed by atoms with Gasteiger partial charge in [-0.15, -0.1) is 0 Å². The molecule has 0 aliphatic rings. The number of halogens is 1. The summed E-state index contributed by atoms with van der Waals surface area (Å²) in [5, 5.41) is 10.4. The molecule has 0 saturated carbocycles. The SMILES string of the molecule is Cc1cc(Cl)c(C)c(CCON)c1O. The average molecular weight is 216 g/mol. The van der Waals surface area contributed by atoms with E-state index >= 15 is 0 Å². The topological polar surface area (TPSA) is 55.5 Å². The first-order valence-corrected chi connectivity index (χ1v) is 4.75. The predicted octanol–water partition coefficient (Wildman–Crippen LogP) is 2.10. The lowest BCUT2D eigenvalue weighted by Gasteiger charge is -2.11. The van der Waals surface area contributed by atoms with Gasteiger partial charge in [-0.2, -0.15) is 0 Å². The molecule has 78 valence electrons. The third-order valence-corrected chi connectivity index (χ3v) is 2.68. The van der Waals surface area contributed by atoms with Gasteiger partial charge in [-0.05, 0) is 31.0 Å². The highest BCUT2D eigenvalue weighted by Gasteiger charge is 2.11. The van der Waals surface area contributed by atoms with E-state index in [2.05, 4.69) is 4.84 Å². The first-order valence-electron chi connectivity index (χ1n) is 4.37. The van der Waals surface area contributed by atoms with Crippen LogP contribution in [0.1, 0.15) is 16.7 Å². The van der Waals surface area contributed by atoms with Crippen LogP contribution in [-0.2, 0) is 11.3 Å². The fourth-order valence-electron chi connectivity index (χ4n) is 1.39. The van der Waals surface area contributed by atoms with E-state index < -0.39 is 0 Å². The number of nitrogens with two attached hydrogens (primary N) is 1. The molecule has 3 N–H and O–H groups in total. The monoisotopic (exact) mass is 215 g/mol. The first kappa shape index (κ1) is 11.3. The zero-order valence-corrected chi connectivity index (χ0v) is 9.06. The molecule has 0 aliphatic heterocycles. The van der Waals surface area contributed by atoms with E-state index in [9.17, 15) is 5.11 Å². The molecule has 0 saturated heterocycles. The van der Waals surface area contributed by atoms with Crippen LogP contribution in [0.5, 0.6) is 5.75 Å². The summed E-state index contributed by atoms with van der Waals surface area (Å²) in [5.74, 6) is 5.22. The highest BCUT2D eigenvalue weighted by molar-refractivity contribution is 6.31. The Bertz CT molecular complexity index is 313. The van der Waals surface area contributed by atoms with Crippen LogP contribution >= 0.6 is 11.6 Å². The Morgan fingerprint density at radius 2 is 2.14 bits per heavy atom. The minimum absolute atomic E-state index is 0.281. The minimum atomic E-state index is 0.281. The Hall–Kier alpha value is -0.770. The third kappa shape index (κ3) is 2.18. The van der Waals surface area contributed by atoms with E-state index in [4.69, 9.17) is 17.5 Å². The summed E-state index contributed by atoms with van der Waals surface area (Å²) in [5.41, 5.74) is 2.46. The summed E-state index contributed by atoms with van der Waals surface area (Å²) in [6.45, 7) is 4.05. The van der Waals surface area contributed by atoms with Crippen molar-refractivity contribution >= 4 is 11.6 Å². The van der Waals surface area contributed by atoms with Crippen LogP contribution in [0, 0.1) is 13.8 Å². The fraction of sp³-hybridized carbons (Fsp3) is 0.400. The van der Waals surface area contributed by atoms with Crippen LogP contribution in [0.15, 0.2) is 6.07 Å². The molecule has 1 aromatic carbocycles. The summed E-state index contributed by atoms with van der Waals surface area (Å²) >= 11 is 5.99. The van der Waals surface area contributed by atoms with E-state index in [1.807, 2.05) is 13.8 Å². The van der Waals surface area contributed by atoms with E-state index in [-0.39, 0.29) is 5.75 Å². The molecular weight excluding hydrogens is 202 g/mol. The normalized spacial score (nSPS) is 10.6. The smallest absolute Gasteiger partial charge is 0.122 e. The number of hydrogen-bond donors (Lipinski definition) is 2. The Kier molecular flexibility index (Phi) is 3.75. The van der Waals surface area contributed by atoms with E-state index in [0.717, 1.165) is 16.7 Å². The molecule has 0 atom stereocenters. The Labute approximate surface area is 88.4 Å². The molecule has 1 rings (SSSR count). The van der Waals surface area contributed by atoms with Crippen molar-refractivity contribution in [3.63, 3.8) is 0 Å².